The summed E-state index contributed by atoms with van der Waals surface area (Å²) in [7, 11) is 13.5. The molecule has 11 heteroatoms. The van der Waals surface area contributed by atoms with Crippen molar-refractivity contribution in [2.45, 2.75) is 76.5 Å². The first-order chi connectivity index (χ1) is 21.2. The van der Waals surface area contributed by atoms with Crippen LogP contribution >= 0.6 is 0 Å². The molecule has 4 atom stereocenters. The Labute approximate surface area is 267 Å². The average molecular weight is 620 g/mol. The molecule has 6 N–H and O–H groups in total. The van der Waals surface area contributed by atoms with Crippen LogP contribution in [0.2, 0.25) is 0 Å². The summed E-state index contributed by atoms with van der Waals surface area (Å²) in [6, 6.07) is 0.753. The van der Waals surface area contributed by atoms with Gasteiger partial charge in [-0.3, -0.25) is 0 Å². The van der Waals surface area contributed by atoms with Crippen molar-refractivity contribution in [3.05, 3.63) is 39.7 Å². The molecule has 0 aromatic heterocycles. The molecule has 45 heavy (non-hydrogen) atoms. The maximum absolute atomic E-state index is 14.2. The van der Waals surface area contributed by atoms with Gasteiger partial charge in [0.05, 0.1) is 0 Å². The Hall–Kier alpha value is -3.15. The van der Waals surface area contributed by atoms with E-state index in [1.165, 1.54) is 32.1 Å². The van der Waals surface area contributed by atoms with Crippen molar-refractivity contribution in [3.63, 3.8) is 0 Å². The van der Waals surface area contributed by atoms with Crippen LogP contribution in [0.4, 0.5) is 5.69 Å². The Morgan fingerprint density at radius 1 is 1.11 bits per heavy atom. The fourth-order valence-corrected chi connectivity index (χ4v) is 8.58. The molecular formula is C34H48BN4O6. The molecule has 1 amide bonds. The number of aliphatic hydroxyl groups is 3. The summed E-state index contributed by atoms with van der Waals surface area (Å²) in [6.07, 6.45) is 8.18. The van der Waals surface area contributed by atoms with Crippen molar-refractivity contribution in [1.82, 2.24) is 9.80 Å². The normalized spacial score (nSPS) is 27.1. The first-order valence-corrected chi connectivity index (χ1v) is 16.2. The Morgan fingerprint density at radius 2 is 1.78 bits per heavy atom. The van der Waals surface area contributed by atoms with Gasteiger partial charge in [-0.25, -0.2) is 0 Å². The van der Waals surface area contributed by atoms with Crippen LogP contribution in [0.1, 0.15) is 68.6 Å². The first-order valence-electron chi connectivity index (χ1n) is 16.2. The van der Waals surface area contributed by atoms with E-state index in [1.807, 2.05) is 19.0 Å². The number of nitrogens with two attached hydrogens (primary N) is 1. The number of hydrogen-bond donors (Lipinski definition) is 5. The fraction of sp³-hybridized carbons (Fsp3) is 0.618. The number of rotatable bonds is 9. The zero-order valence-corrected chi connectivity index (χ0v) is 27.3. The molecule has 5 rings (SSSR count). The third-order valence-electron chi connectivity index (χ3n) is 10.7. The van der Waals surface area contributed by atoms with E-state index in [4.69, 9.17) is 13.2 Å². The summed E-state index contributed by atoms with van der Waals surface area (Å²) >= 11 is 0. The summed E-state index contributed by atoms with van der Waals surface area (Å²) in [4.78, 5) is 32.6. The van der Waals surface area contributed by atoms with Crippen molar-refractivity contribution >= 4 is 36.1 Å². The molecule has 4 aliphatic rings. The molecule has 4 aliphatic carbocycles. The predicted octanol–water partition coefficient (Wildman–Crippen LogP) is 2.59. The molecule has 0 unspecified atom stereocenters. The molecule has 10 nitrogen and oxygen atoms in total. The molecule has 243 valence electrons. The molecule has 1 aromatic rings. The number of Topliss-reactive ketones (excluding diaryl/α,β-unsaturated/α-hetero) is 1. The number of fused-ring (bicyclic) bond motifs is 3. The third-order valence-corrected chi connectivity index (χ3v) is 10.7. The van der Waals surface area contributed by atoms with Crippen molar-refractivity contribution in [1.29, 1.82) is 0 Å². The fourth-order valence-electron chi connectivity index (χ4n) is 8.58. The van der Waals surface area contributed by atoms with E-state index in [-0.39, 0.29) is 29.1 Å². The van der Waals surface area contributed by atoms with Gasteiger partial charge in [-0.15, -0.1) is 0 Å². The number of nitrogens with zero attached hydrogens (tertiary/aromatic N) is 3. The Morgan fingerprint density at radius 3 is 2.36 bits per heavy atom. The van der Waals surface area contributed by atoms with Gasteiger partial charge in [0.25, 0.3) is 0 Å². The summed E-state index contributed by atoms with van der Waals surface area (Å²) in [5.41, 5.74) is 4.82. The minimum absolute atomic E-state index is 0.0395. The molecule has 2 fully saturated rings. The number of phenols is 1. The van der Waals surface area contributed by atoms with Gasteiger partial charge in [0.15, 0.2) is 0 Å². The van der Waals surface area contributed by atoms with Crippen LogP contribution in [0, 0.1) is 17.8 Å². The van der Waals surface area contributed by atoms with Crippen LogP contribution in [-0.2, 0) is 22.6 Å². The number of hydrogen-bond acceptors (Lipinski definition) is 9. The van der Waals surface area contributed by atoms with Gasteiger partial charge < -0.3 is 0 Å². The van der Waals surface area contributed by atoms with Crippen LogP contribution < -0.4 is 10.6 Å². The van der Waals surface area contributed by atoms with Gasteiger partial charge in [-0.1, -0.05) is 39.0 Å². The molecule has 0 saturated heterocycles. The molecule has 0 aliphatic heterocycles. The zero-order valence-electron chi connectivity index (χ0n) is 27.3. The number of carbonyl (C=O) groups is 2. The van der Waals surface area contributed by atoms with Crippen molar-refractivity contribution in [2.75, 3.05) is 46.2 Å². The van der Waals surface area contributed by atoms with Crippen LogP contribution in [0.3, 0.4) is 0 Å². The van der Waals surface area contributed by atoms with E-state index in [0.29, 0.717) is 13.0 Å². The number of primary amides is 1. The van der Waals surface area contributed by atoms with Gasteiger partial charge in [0.2, 0.25) is 0 Å². The zero-order chi connectivity index (χ0) is 33.0. The van der Waals surface area contributed by atoms with E-state index in [1.54, 1.807) is 25.1 Å². The molecule has 0 spiro atoms. The van der Waals surface area contributed by atoms with Crippen molar-refractivity contribution in [3.8, 4) is 5.75 Å². The van der Waals surface area contributed by atoms with Crippen LogP contribution in [-0.4, -0.2) is 108 Å². The van der Waals surface area contributed by atoms with E-state index >= 15 is 0 Å². The first kappa shape index (κ1) is 33.2. The molecule has 2 saturated carbocycles. The van der Waals surface area contributed by atoms with Gasteiger partial charge >= 0.3 is 216 Å². The number of carbonyl (C=O) groups excluding carboxylic acids is 2. The molecule has 1 aromatic carbocycles. The van der Waals surface area contributed by atoms with E-state index < -0.39 is 52.0 Å². The SMILES string of the molecule is [B]=C1C(C(N)=O)=C(O)[C@@H](N(C)C)[C@@H]2C[C@@H]3Cc4c(c(O)cc(CN(CC)CCC5CCCCC5)c4N(C)C)C(O)=C3C(=O)[C@]12O. The van der Waals surface area contributed by atoms with Crippen molar-refractivity contribution < 1.29 is 30.0 Å². The molecule has 0 heterocycles. The summed E-state index contributed by atoms with van der Waals surface area (Å²) < 4.78 is 0. The monoisotopic (exact) mass is 619 g/mol. The Kier molecular flexibility index (Phi) is 9.28. The van der Waals surface area contributed by atoms with Crippen molar-refractivity contribution in [2.24, 2.45) is 23.5 Å². The van der Waals surface area contributed by atoms with E-state index in [2.05, 4.69) is 11.8 Å². The van der Waals surface area contributed by atoms with E-state index in [0.717, 1.165) is 42.2 Å². The molecule has 1 radical (unpaired) electrons. The summed E-state index contributed by atoms with van der Waals surface area (Å²) in [5.74, 6) is -3.53. The maximum atomic E-state index is 14.2. The number of aliphatic hydroxyl groups excluding tert-OH is 2. The van der Waals surface area contributed by atoms with Gasteiger partial charge in [0.1, 0.15) is 0 Å². The van der Waals surface area contributed by atoms with Gasteiger partial charge in [-0.05, 0) is 12.3 Å². The Balaban J connectivity index is 1.56. The van der Waals surface area contributed by atoms with Gasteiger partial charge in [0, 0.05) is 0 Å². The number of benzene rings is 1. The van der Waals surface area contributed by atoms with Crippen LogP contribution in [0.15, 0.2) is 23.0 Å². The minimum atomic E-state index is -2.39. The number of amides is 1. The number of anilines is 1. The molecular weight excluding hydrogens is 571 g/mol. The third kappa shape index (κ3) is 5.50. The summed E-state index contributed by atoms with van der Waals surface area (Å²) in [6.45, 7) is 4.60. The van der Waals surface area contributed by atoms with Crippen LogP contribution in [0.25, 0.3) is 5.76 Å². The number of phenolic OH excluding ortho intramolecular Hbond substituents is 1. The second-order valence-electron chi connectivity index (χ2n) is 13.9. The second kappa shape index (κ2) is 12.6. The number of aromatic hydroxyl groups is 1. The number of likely N-dealkylation sites (N-methyl/N-ethyl adjacent to an activating group) is 1. The topological polar surface area (TPSA) is 151 Å². The van der Waals surface area contributed by atoms with Crippen LogP contribution in [0.5, 0.6) is 5.75 Å². The average Bonchev–Trinajstić information content (AvgIpc) is 2.97. The number of ketones is 1. The van der Waals surface area contributed by atoms with Gasteiger partial charge in [-0.2, -0.15) is 0 Å². The quantitative estimate of drug-likeness (QED) is 0.263. The standard InChI is InChI=1S/C34H48BN4O6/c1-6-39(13-12-18-10-8-7-9-11-18)17-20-16-23(40)25-21(27(20)37(2)3)14-19-15-22-28(38(4)5)30(42)26(33(36)44)31(35)34(22,45)32(43)24(19)29(25)41/h16,18-19,22,28,40-42,45H,6-15,17H2,1-5H3,(H2,36,44)/t19-,22-,28-,34+/m0/s1. The van der Waals surface area contributed by atoms with E-state index in [9.17, 15) is 30.0 Å². The Bertz CT molecular complexity index is 1460. The second-order valence-corrected chi connectivity index (χ2v) is 13.9. The summed E-state index contributed by atoms with van der Waals surface area (Å²) in [5, 5.41) is 46.2. The predicted molar refractivity (Wildman–Crippen MR) is 176 cm³/mol. The molecule has 0 bridgehead atoms.